The lowest BCUT2D eigenvalue weighted by Gasteiger charge is -2.28. The molecule has 16 heavy (non-hydrogen) atoms. The van der Waals surface area contributed by atoms with Crippen LogP contribution < -0.4 is 5.32 Å². The molecule has 0 aromatic rings. The van der Waals surface area contributed by atoms with E-state index >= 15 is 0 Å². The number of alkyl carbamates (subject to hydrolysis) is 1. The zero-order valence-corrected chi connectivity index (χ0v) is 10.6. The van der Waals surface area contributed by atoms with Crippen LogP contribution in [0, 0.1) is 0 Å². The summed E-state index contributed by atoms with van der Waals surface area (Å²) >= 11 is 0. The first-order valence-corrected chi connectivity index (χ1v) is 5.30. The third kappa shape index (κ3) is 4.61. The van der Waals surface area contributed by atoms with Crippen molar-refractivity contribution in [3.8, 4) is 0 Å². The number of amides is 1. The van der Waals surface area contributed by atoms with Gasteiger partial charge in [-0.1, -0.05) is 6.92 Å². The molecule has 0 heterocycles. The standard InChI is InChI=1S/C11H21NO4/c1-6-8(14)11(5,7-13)12-9(15)16-10(2,3)4/h13H,6-7H2,1-5H3,(H,12,15)/t11-/m0/s1. The maximum Gasteiger partial charge on any atom is 0.408 e. The fraction of sp³-hybridized carbons (Fsp3) is 0.818. The van der Waals surface area contributed by atoms with Gasteiger partial charge in [-0.25, -0.2) is 4.79 Å². The number of hydrogen-bond acceptors (Lipinski definition) is 4. The molecule has 2 N–H and O–H groups in total. The predicted molar refractivity (Wildman–Crippen MR) is 60.2 cm³/mol. The van der Waals surface area contributed by atoms with Crippen LogP contribution in [0.25, 0.3) is 0 Å². The number of rotatable bonds is 4. The Balaban J connectivity index is 4.55. The van der Waals surface area contributed by atoms with Gasteiger partial charge in [0.2, 0.25) is 0 Å². The Bertz CT molecular complexity index is 270. The van der Waals surface area contributed by atoms with E-state index in [2.05, 4.69) is 5.32 Å². The molecule has 5 heteroatoms. The Hall–Kier alpha value is -1.10. The van der Waals surface area contributed by atoms with Crippen molar-refractivity contribution < 1.29 is 19.4 Å². The van der Waals surface area contributed by atoms with Gasteiger partial charge in [0.05, 0.1) is 6.61 Å². The van der Waals surface area contributed by atoms with Gasteiger partial charge in [0, 0.05) is 6.42 Å². The number of ketones is 1. The molecule has 0 fully saturated rings. The van der Waals surface area contributed by atoms with E-state index in [4.69, 9.17) is 9.84 Å². The van der Waals surface area contributed by atoms with Crippen molar-refractivity contribution in [3.63, 3.8) is 0 Å². The van der Waals surface area contributed by atoms with E-state index in [1.54, 1.807) is 27.7 Å². The van der Waals surface area contributed by atoms with Crippen LogP contribution >= 0.6 is 0 Å². The predicted octanol–water partition coefficient (Wildman–Crippen LogP) is 1.24. The van der Waals surface area contributed by atoms with Gasteiger partial charge in [0.25, 0.3) is 0 Å². The number of hydrogen-bond donors (Lipinski definition) is 2. The lowest BCUT2D eigenvalue weighted by atomic mass is 9.96. The molecule has 0 aromatic heterocycles. The lowest BCUT2D eigenvalue weighted by Crippen LogP contribution is -2.55. The molecule has 0 saturated carbocycles. The fourth-order valence-corrected chi connectivity index (χ4v) is 1.12. The van der Waals surface area contributed by atoms with Crippen LogP contribution in [0.1, 0.15) is 41.0 Å². The normalized spacial score (nSPS) is 15.1. The maximum atomic E-state index is 11.5. The summed E-state index contributed by atoms with van der Waals surface area (Å²) in [6.07, 6.45) is -0.460. The van der Waals surface area contributed by atoms with E-state index in [-0.39, 0.29) is 12.2 Å². The Kier molecular flexibility index (Phi) is 4.93. The number of nitrogens with one attached hydrogen (secondary N) is 1. The Morgan fingerprint density at radius 1 is 1.25 bits per heavy atom. The third-order valence-corrected chi connectivity index (χ3v) is 2.03. The first-order valence-electron chi connectivity index (χ1n) is 5.30. The minimum absolute atomic E-state index is 0.235. The molecule has 0 unspecified atom stereocenters. The molecule has 0 bridgehead atoms. The van der Waals surface area contributed by atoms with E-state index in [9.17, 15) is 9.59 Å². The Labute approximate surface area is 96.2 Å². The number of carbonyl (C=O) groups is 2. The summed E-state index contributed by atoms with van der Waals surface area (Å²) in [5, 5.41) is 11.5. The summed E-state index contributed by atoms with van der Waals surface area (Å²) in [6.45, 7) is 7.88. The molecule has 0 radical (unpaired) electrons. The van der Waals surface area contributed by atoms with Gasteiger partial charge < -0.3 is 15.2 Å². The summed E-state index contributed by atoms with van der Waals surface area (Å²) in [4.78, 5) is 23.0. The van der Waals surface area contributed by atoms with Gasteiger partial charge in [-0.3, -0.25) is 4.79 Å². The smallest absolute Gasteiger partial charge is 0.408 e. The highest BCUT2D eigenvalue weighted by atomic mass is 16.6. The van der Waals surface area contributed by atoms with E-state index in [0.717, 1.165) is 0 Å². The van der Waals surface area contributed by atoms with Crippen molar-refractivity contribution in [3.05, 3.63) is 0 Å². The second-order valence-corrected chi connectivity index (χ2v) is 4.89. The van der Waals surface area contributed by atoms with Gasteiger partial charge >= 0.3 is 6.09 Å². The van der Waals surface area contributed by atoms with Crippen LogP contribution in [-0.2, 0) is 9.53 Å². The van der Waals surface area contributed by atoms with E-state index in [1.807, 2.05) is 0 Å². The molecule has 0 spiro atoms. The highest BCUT2D eigenvalue weighted by molar-refractivity contribution is 5.91. The van der Waals surface area contributed by atoms with Crippen LogP contribution in [0.4, 0.5) is 4.79 Å². The van der Waals surface area contributed by atoms with Gasteiger partial charge in [-0.05, 0) is 27.7 Å². The Morgan fingerprint density at radius 3 is 2.06 bits per heavy atom. The molecule has 0 aromatic carbocycles. The molecular weight excluding hydrogens is 210 g/mol. The minimum Gasteiger partial charge on any atom is -0.444 e. The second-order valence-electron chi connectivity index (χ2n) is 4.89. The summed E-state index contributed by atoms with van der Waals surface area (Å²) in [7, 11) is 0. The topological polar surface area (TPSA) is 75.6 Å². The molecule has 94 valence electrons. The van der Waals surface area contributed by atoms with Crippen molar-refractivity contribution in [1.82, 2.24) is 5.32 Å². The number of ether oxygens (including phenoxy) is 1. The van der Waals surface area contributed by atoms with Gasteiger partial charge in [-0.2, -0.15) is 0 Å². The molecule has 0 saturated heterocycles. The molecule has 0 aliphatic carbocycles. The van der Waals surface area contributed by atoms with Crippen molar-refractivity contribution in [2.24, 2.45) is 0 Å². The van der Waals surface area contributed by atoms with Crippen molar-refractivity contribution >= 4 is 11.9 Å². The Morgan fingerprint density at radius 2 is 1.75 bits per heavy atom. The number of carbonyl (C=O) groups excluding carboxylic acids is 2. The number of aliphatic hydroxyl groups is 1. The zero-order chi connectivity index (χ0) is 13.0. The maximum absolute atomic E-state index is 11.5. The molecule has 1 atom stereocenters. The molecule has 0 rings (SSSR count). The molecule has 0 aliphatic rings. The molecular formula is C11H21NO4. The largest absolute Gasteiger partial charge is 0.444 e. The molecule has 5 nitrogen and oxygen atoms in total. The SMILES string of the molecule is CCC(=O)[C@](C)(CO)NC(=O)OC(C)(C)C. The first kappa shape index (κ1) is 14.9. The minimum atomic E-state index is -1.27. The average Bonchev–Trinajstić information content (AvgIpc) is 2.13. The zero-order valence-electron chi connectivity index (χ0n) is 10.6. The molecule has 0 aliphatic heterocycles. The second kappa shape index (κ2) is 5.30. The number of Topliss-reactive ketones (excluding diaryl/α,β-unsaturated/α-hetero) is 1. The van der Waals surface area contributed by atoms with Crippen molar-refractivity contribution in [2.45, 2.75) is 52.2 Å². The van der Waals surface area contributed by atoms with E-state index in [0.29, 0.717) is 0 Å². The van der Waals surface area contributed by atoms with Crippen LogP contribution in [0.3, 0.4) is 0 Å². The summed E-state index contributed by atoms with van der Waals surface area (Å²) in [5.41, 5.74) is -1.90. The highest BCUT2D eigenvalue weighted by Crippen LogP contribution is 2.11. The van der Waals surface area contributed by atoms with Crippen LogP contribution in [-0.4, -0.2) is 34.7 Å². The van der Waals surface area contributed by atoms with Crippen LogP contribution in [0.15, 0.2) is 0 Å². The number of aliphatic hydroxyl groups excluding tert-OH is 1. The quantitative estimate of drug-likeness (QED) is 0.763. The van der Waals surface area contributed by atoms with Gasteiger partial charge in [0.1, 0.15) is 11.1 Å². The van der Waals surface area contributed by atoms with Crippen molar-refractivity contribution in [1.29, 1.82) is 0 Å². The first-order chi connectivity index (χ1) is 7.14. The van der Waals surface area contributed by atoms with Crippen LogP contribution in [0.5, 0.6) is 0 Å². The van der Waals surface area contributed by atoms with Gasteiger partial charge in [0.15, 0.2) is 5.78 Å². The average molecular weight is 231 g/mol. The molecule has 1 amide bonds. The fourth-order valence-electron chi connectivity index (χ4n) is 1.12. The van der Waals surface area contributed by atoms with E-state index in [1.165, 1.54) is 6.92 Å². The van der Waals surface area contributed by atoms with Crippen molar-refractivity contribution in [2.75, 3.05) is 6.61 Å². The monoisotopic (exact) mass is 231 g/mol. The van der Waals surface area contributed by atoms with Crippen LogP contribution in [0.2, 0.25) is 0 Å². The lowest BCUT2D eigenvalue weighted by molar-refractivity contribution is -0.126. The summed E-state index contributed by atoms with van der Waals surface area (Å²) < 4.78 is 5.02. The summed E-state index contributed by atoms with van der Waals surface area (Å²) in [6, 6.07) is 0. The van der Waals surface area contributed by atoms with Gasteiger partial charge in [-0.15, -0.1) is 0 Å². The highest BCUT2D eigenvalue weighted by Gasteiger charge is 2.34. The summed E-state index contributed by atoms with van der Waals surface area (Å²) in [5.74, 6) is -0.235. The van der Waals surface area contributed by atoms with E-state index < -0.39 is 23.8 Å². The third-order valence-electron chi connectivity index (χ3n) is 2.03.